The van der Waals surface area contributed by atoms with Gasteiger partial charge in [-0.25, -0.2) is 0 Å². The molecule has 0 heterocycles. The van der Waals surface area contributed by atoms with Crippen molar-refractivity contribution in [1.29, 1.82) is 0 Å². The Balaban J connectivity index is 1.47. The van der Waals surface area contributed by atoms with Gasteiger partial charge in [0, 0.05) is 18.2 Å². The molecule has 0 saturated heterocycles. The van der Waals surface area contributed by atoms with Crippen LogP contribution in [0.1, 0.15) is 29.5 Å². The Morgan fingerprint density at radius 2 is 1.81 bits per heavy atom. The molecular weight excluding hydrogens is 328 g/mol. The highest BCUT2D eigenvalue weighted by molar-refractivity contribution is 5.94. The van der Waals surface area contributed by atoms with Gasteiger partial charge in [-0.2, -0.15) is 0 Å². The van der Waals surface area contributed by atoms with Crippen molar-refractivity contribution in [2.75, 3.05) is 11.9 Å². The van der Waals surface area contributed by atoms with E-state index in [-0.39, 0.29) is 24.3 Å². The Labute approximate surface area is 153 Å². The lowest BCUT2D eigenvalue weighted by Gasteiger charge is -2.10. The van der Waals surface area contributed by atoms with E-state index in [9.17, 15) is 9.59 Å². The number of nitrogens with one attached hydrogen (secondary N) is 2. The number of ether oxygens (including phenoxy) is 1. The summed E-state index contributed by atoms with van der Waals surface area (Å²) in [6.45, 7) is 4.35. The number of hydrogen-bond acceptors (Lipinski definition) is 3. The fourth-order valence-corrected chi connectivity index (χ4v) is 2.77. The highest BCUT2D eigenvalue weighted by atomic mass is 16.5. The van der Waals surface area contributed by atoms with E-state index >= 15 is 0 Å². The van der Waals surface area contributed by atoms with Crippen LogP contribution in [0.25, 0.3) is 0 Å². The highest BCUT2D eigenvalue weighted by Gasteiger charge is 2.29. The average molecular weight is 352 g/mol. The minimum absolute atomic E-state index is 0.0268. The quantitative estimate of drug-likeness (QED) is 0.803. The number of rotatable bonds is 7. The minimum Gasteiger partial charge on any atom is -0.484 e. The van der Waals surface area contributed by atoms with Gasteiger partial charge in [0.05, 0.1) is 0 Å². The zero-order valence-electron chi connectivity index (χ0n) is 15.2. The summed E-state index contributed by atoms with van der Waals surface area (Å²) in [7, 11) is 0. The Morgan fingerprint density at radius 3 is 2.50 bits per heavy atom. The largest absolute Gasteiger partial charge is 0.484 e. The fraction of sp³-hybridized carbons (Fsp3) is 0.333. The first kappa shape index (κ1) is 18.0. The van der Waals surface area contributed by atoms with E-state index in [0.717, 1.165) is 35.2 Å². The summed E-state index contributed by atoms with van der Waals surface area (Å²) in [5.41, 5.74) is 3.90. The lowest BCUT2D eigenvalue weighted by Crippen LogP contribution is -2.28. The lowest BCUT2D eigenvalue weighted by molar-refractivity contribution is -0.123. The molecule has 1 fully saturated rings. The SMILES string of the molecule is Cc1cc(C)cc(OCC(=O)NCc2cccc(NC(=O)C3CC3)c2)c1. The van der Waals surface area contributed by atoms with Crippen LogP contribution in [0.2, 0.25) is 0 Å². The Kier molecular flexibility index (Phi) is 5.56. The topological polar surface area (TPSA) is 67.4 Å². The molecule has 1 aliphatic rings. The van der Waals surface area contributed by atoms with Crippen LogP contribution >= 0.6 is 0 Å². The number of amides is 2. The van der Waals surface area contributed by atoms with Crippen LogP contribution in [0.15, 0.2) is 42.5 Å². The zero-order valence-corrected chi connectivity index (χ0v) is 15.2. The summed E-state index contributed by atoms with van der Waals surface area (Å²) >= 11 is 0. The van der Waals surface area contributed by atoms with E-state index in [2.05, 4.69) is 16.7 Å². The van der Waals surface area contributed by atoms with Crippen LogP contribution in [0.5, 0.6) is 5.75 Å². The number of benzene rings is 2. The van der Waals surface area contributed by atoms with E-state index < -0.39 is 0 Å². The molecule has 5 heteroatoms. The molecule has 5 nitrogen and oxygen atoms in total. The molecule has 3 rings (SSSR count). The number of carbonyl (C=O) groups is 2. The molecule has 0 unspecified atom stereocenters. The van der Waals surface area contributed by atoms with Crippen molar-refractivity contribution in [3.63, 3.8) is 0 Å². The second-order valence-corrected chi connectivity index (χ2v) is 6.85. The second-order valence-electron chi connectivity index (χ2n) is 6.85. The third-order valence-electron chi connectivity index (χ3n) is 4.20. The monoisotopic (exact) mass is 352 g/mol. The molecular formula is C21H24N2O3. The maximum absolute atomic E-state index is 12.0. The van der Waals surface area contributed by atoms with E-state index in [4.69, 9.17) is 4.74 Å². The number of hydrogen-bond donors (Lipinski definition) is 2. The summed E-state index contributed by atoms with van der Waals surface area (Å²) < 4.78 is 5.56. The smallest absolute Gasteiger partial charge is 0.258 e. The van der Waals surface area contributed by atoms with Gasteiger partial charge in [0.1, 0.15) is 5.75 Å². The van der Waals surface area contributed by atoms with Gasteiger partial charge in [0.15, 0.2) is 6.61 Å². The molecule has 0 aromatic heterocycles. The Bertz CT molecular complexity index is 792. The molecule has 2 aromatic carbocycles. The summed E-state index contributed by atoms with van der Waals surface area (Å²) in [5.74, 6) is 0.757. The summed E-state index contributed by atoms with van der Waals surface area (Å²) in [6.07, 6.45) is 1.95. The van der Waals surface area contributed by atoms with Crippen LogP contribution in [0.3, 0.4) is 0 Å². The molecule has 0 bridgehead atoms. The van der Waals surface area contributed by atoms with Gasteiger partial charge in [0.25, 0.3) is 5.91 Å². The average Bonchev–Trinajstić information content (AvgIpc) is 3.43. The molecule has 2 aromatic rings. The van der Waals surface area contributed by atoms with E-state index in [1.54, 1.807) is 0 Å². The molecule has 26 heavy (non-hydrogen) atoms. The third-order valence-corrected chi connectivity index (χ3v) is 4.20. The lowest BCUT2D eigenvalue weighted by atomic mass is 10.1. The predicted molar refractivity (Wildman–Crippen MR) is 101 cm³/mol. The fourth-order valence-electron chi connectivity index (χ4n) is 2.77. The summed E-state index contributed by atoms with van der Waals surface area (Å²) in [4.78, 5) is 23.8. The molecule has 2 N–H and O–H groups in total. The van der Waals surface area contributed by atoms with E-state index in [1.807, 2.05) is 50.2 Å². The van der Waals surface area contributed by atoms with Crippen molar-refractivity contribution in [2.45, 2.75) is 33.2 Å². The van der Waals surface area contributed by atoms with Gasteiger partial charge in [-0.1, -0.05) is 18.2 Å². The molecule has 0 atom stereocenters. The molecule has 1 saturated carbocycles. The van der Waals surface area contributed by atoms with Crippen molar-refractivity contribution >= 4 is 17.5 Å². The van der Waals surface area contributed by atoms with E-state index in [0.29, 0.717) is 12.3 Å². The van der Waals surface area contributed by atoms with Gasteiger partial charge in [-0.3, -0.25) is 9.59 Å². The van der Waals surface area contributed by atoms with Gasteiger partial charge in [-0.05, 0) is 67.6 Å². The van der Waals surface area contributed by atoms with Crippen molar-refractivity contribution in [3.8, 4) is 5.75 Å². The Hall–Kier alpha value is -2.82. The zero-order chi connectivity index (χ0) is 18.5. The molecule has 136 valence electrons. The number of carbonyl (C=O) groups excluding carboxylic acids is 2. The molecule has 1 aliphatic carbocycles. The van der Waals surface area contributed by atoms with Crippen molar-refractivity contribution < 1.29 is 14.3 Å². The predicted octanol–water partition coefficient (Wildman–Crippen LogP) is 3.35. The minimum atomic E-state index is -0.184. The first-order valence-electron chi connectivity index (χ1n) is 8.87. The van der Waals surface area contributed by atoms with Crippen LogP contribution in [-0.2, 0) is 16.1 Å². The standard InChI is InChI=1S/C21H24N2O3/c1-14-8-15(2)10-19(9-14)26-13-20(24)22-12-16-4-3-5-18(11-16)23-21(25)17-6-7-17/h3-5,8-11,17H,6-7,12-13H2,1-2H3,(H,22,24)(H,23,25). The molecule has 2 amide bonds. The highest BCUT2D eigenvalue weighted by Crippen LogP contribution is 2.30. The van der Waals surface area contributed by atoms with Crippen LogP contribution in [-0.4, -0.2) is 18.4 Å². The number of anilines is 1. The first-order valence-corrected chi connectivity index (χ1v) is 8.87. The summed E-state index contributed by atoms with van der Waals surface area (Å²) in [5, 5.41) is 5.75. The van der Waals surface area contributed by atoms with Gasteiger partial charge in [-0.15, -0.1) is 0 Å². The molecule has 0 radical (unpaired) electrons. The third kappa shape index (κ3) is 5.34. The van der Waals surface area contributed by atoms with Crippen molar-refractivity contribution in [3.05, 3.63) is 59.2 Å². The van der Waals surface area contributed by atoms with Gasteiger partial charge in [0.2, 0.25) is 5.91 Å². The van der Waals surface area contributed by atoms with Crippen LogP contribution < -0.4 is 15.4 Å². The van der Waals surface area contributed by atoms with Crippen LogP contribution in [0, 0.1) is 19.8 Å². The second kappa shape index (κ2) is 8.04. The van der Waals surface area contributed by atoms with Gasteiger partial charge >= 0.3 is 0 Å². The molecule has 0 spiro atoms. The van der Waals surface area contributed by atoms with Crippen LogP contribution in [0.4, 0.5) is 5.69 Å². The maximum atomic E-state index is 12.0. The Morgan fingerprint density at radius 1 is 1.08 bits per heavy atom. The van der Waals surface area contributed by atoms with Crippen molar-refractivity contribution in [2.24, 2.45) is 5.92 Å². The van der Waals surface area contributed by atoms with Gasteiger partial charge < -0.3 is 15.4 Å². The summed E-state index contributed by atoms with van der Waals surface area (Å²) in [6, 6.07) is 13.4. The normalized spacial score (nSPS) is 13.2. The molecule has 0 aliphatic heterocycles. The first-order chi connectivity index (χ1) is 12.5. The van der Waals surface area contributed by atoms with E-state index in [1.165, 1.54) is 0 Å². The number of aryl methyl sites for hydroxylation is 2. The maximum Gasteiger partial charge on any atom is 0.258 e. The van der Waals surface area contributed by atoms with Crippen molar-refractivity contribution in [1.82, 2.24) is 5.32 Å².